The monoisotopic (exact) mass is 352 g/mol. The Labute approximate surface area is 143 Å². The summed E-state index contributed by atoms with van der Waals surface area (Å²) >= 11 is 0. The molecule has 2 aromatic heterocycles. The molecule has 25 heavy (non-hydrogen) atoms. The Morgan fingerprint density at radius 1 is 0.480 bits per heavy atom. The standard InChI is InChI=1S/C12H20N10O3/c13-9-17-7(18-10(14)21-9)5-24-3-1-23-2-4-25-6-8-19-11(15)22-12(16)20-8/h1-6H2,(H4,13,14,17,18,21)(H4,15,16,19,20,22). The molecule has 13 nitrogen and oxygen atoms in total. The highest BCUT2D eigenvalue weighted by molar-refractivity contribution is 5.26. The van der Waals surface area contributed by atoms with Crippen LogP contribution in [0.1, 0.15) is 11.6 Å². The zero-order chi connectivity index (χ0) is 18.1. The zero-order valence-corrected chi connectivity index (χ0v) is 13.5. The van der Waals surface area contributed by atoms with Gasteiger partial charge in [-0.05, 0) is 0 Å². The summed E-state index contributed by atoms with van der Waals surface area (Å²) in [6.45, 7) is 1.80. The third kappa shape index (κ3) is 7.03. The van der Waals surface area contributed by atoms with Crippen LogP contribution in [0.25, 0.3) is 0 Å². The number of hydrogen-bond donors (Lipinski definition) is 4. The molecule has 0 radical (unpaired) electrons. The fourth-order valence-electron chi connectivity index (χ4n) is 1.71. The van der Waals surface area contributed by atoms with Crippen molar-refractivity contribution >= 4 is 23.8 Å². The summed E-state index contributed by atoms with van der Waals surface area (Å²) in [7, 11) is 0. The molecule has 0 atom stereocenters. The molecule has 2 heterocycles. The summed E-state index contributed by atoms with van der Waals surface area (Å²) < 4.78 is 16.0. The van der Waals surface area contributed by atoms with Gasteiger partial charge in [-0.15, -0.1) is 0 Å². The van der Waals surface area contributed by atoms with Crippen LogP contribution < -0.4 is 22.9 Å². The van der Waals surface area contributed by atoms with E-state index in [2.05, 4.69) is 29.9 Å². The highest BCUT2D eigenvalue weighted by atomic mass is 16.5. The van der Waals surface area contributed by atoms with E-state index >= 15 is 0 Å². The topological polar surface area (TPSA) is 209 Å². The number of ether oxygens (including phenoxy) is 3. The molecule has 0 spiro atoms. The fourth-order valence-corrected chi connectivity index (χ4v) is 1.71. The first-order valence-electron chi connectivity index (χ1n) is 7.28. The molecule has 0 fully saturated rings. The van der Waals surface area contributed by atoms with Crippen molar-refractivity contribution in [1.82, 2.24) is 29.9 Å². The maximum atomic E-state index is 5.45. The number of anilines is 4. The lowest BCUT2D eigenvalue weighted by Gasteiger charge is -2.07. The molecule has 0 aliphatic heterocycles. The highest BCUT2D eigenvalue weighted by Gasteiger charge is 2.03. The van der Waals surface area contributed by atoms with Crippen molar-refractivity contribution in [3.63, 3.8) is 0 Å². The van der Waals surface area contributed by atoms with Gasteiger partial charge >= 0.3 is 0 Å². The quantitative estimate of drug-likeness (QED) is 0.346. The van der Waals surface area contributed by atoms with Gasteiger partial charge in [-0.25, -0.2) is 0 Å². The average Bonchev–Trinajstić information content (AvgIpc) is 2.51. The van der Waals surface area contributed by atoms with Crippen LogP contribution in [0.15, 0.2) is 0 Å². The maximum Gasteiger partial charge on any atom is 0.225 e. The first kappa shape index (κ1) is 18.4. The van der Waals surface area contributed by atoms with E-state index in [1.807, 2.05) is 0 Å². The van der Waals surface area contributed by atoms with Crippen molar-refractivity contribution in [2.24, 2.45) is 0 Å². The second-order valence-corrected chi connectivity index (χ2v) is 4.65. The van der Waals surface area contributed by atoms with Crippen molar-refractivity contribution in [2.75, 3.05) is 49.4 Å². The molecule has 136 valence electrons. The van der Waals surface area contributed by atoms with Gasteiger partial charge in [-0.3, -0.25) is 0 Å². The van der Waals surface area contributed by atoms with Crippen LogP contribution in [0.5, 0.6) is 0 Å². The van der Waals surface area contributed by atoms with Gasteiger partial charge in [0.25, 0.3) is 0 Å². The molecule has 0 aliphatic rings. The third-order valence-corrected chi connectivity index (χ3v) is 2.64. The Bertz CT molecular complexity index is 588. The molecule has 0 bridgehead atoms. The number of nitrogens with zero attached hydrogens (tertiary/aromatic N) is 6. The predicted molar refractivity (Wildman–Crippen MR) is 87.4 cm³/mol. The van der Waals surface area contributed by atoms with Crippen LogP contribution in [-0.2, 0) is 27.4 Å². The first-order valence-corrected chi connectivity index (χ1v) is 7.28. The second kappa shape index (κ2) is 9.41. The Morgan fingerprint density at radius 2 is 0.800 bits per heavy atom. The lowest BCUT2D eigenvalue weighted by atomic mass is 10.6. The number of rotatable bonds is 10. The van der Waals surface area contributed by atoms with Crippen LogP contribution in [0.2, 0.25) is 0 Å². The van der Waals surface area contributed by atoms with Gasteiger partial charge in [-0.2, -0.15) is 29.9 Å². The minimum atomic E-state index is 0.0567. The number of hydrogen-bond acceptors (Lipinski definition) is 13. The molecule has 2 rings (SSSR count). The smallest absolute Gasteiger partial charge is 0.225 e. The molecule has 13 heteroatoms. The van der Waals surface area contributed by atoms with Crippen molar-refractivity contribution in [1.29, 1.82) is 0 Å². The molecule has 0 unspecified atom stereocenters. The van der Waals surface area contributed by atoms with Crippen LogP contribution in [-0.4, -0.2) is 56.3 Å². The van der Waals surface area contributed by atoms with E-state index in [0.29, 0.717) is 38.1 Å². The Balaban J connectivity index is 1.51. The van der Waals surface area contributed by atoms with Gasteiger partial charge < -0.3 is 37.1 Å². The molecular weight excluding hydrogens is 332 g/mol. The minimum Gasteiger partial charge on any atom is -0.377 e. The van der Waals surface area contributed by atoms with Gasteiger partial charge in [0.05, 0.1) is 26.4 Å². The van der Waals surface area contributed by atoms with Crippen molar-refractivity contribution in [3.8, 4) is 0 Å². The molecule has 0 aromatic carbocycles. The van der Waals surface area contributed by atoms with E-state index in [1.54, 1.807) is 0 Å². The van der Waals surface area contributed by atoms with Gasteiger partial charge in [-0.1, -0.05) is 0 Å². The molecule has 8 N–H and O–H groups in total. The van der Waals surface area contributed by atoms with E-state index in [-0.39, 0.29) is 37.0 Å². The third-order valence-electron chi connectivity index (χ3n) is 2.64. The van der Waals surface area contributed by atoms with Crippen molar-refractivity contribution in [3.05, 3.63) is 11.6 Å². The highest BCUT2D eigenvalue weighted by Crippen LogP contribution is 2.01. The van der Waals surface area contributed by atoms with Crippen LogP contribution in [0.4, 0.5) is 23.8 Å². The van der Waals surface area contributed by atoms with Gasteiger partial charge in [0.1, 0.15) is 13.2 Å². The Hall–Kier alpha value is -2.90. The van der Waals surface area contributed by atoms with Crippen molar-refractivity contribution in [2.45, 2.75) is 13.2 Å². The maximum absolute atomic E-state index is 5.45. The summed E-state index contributed by atoms with van der Waals surface area (Å²) in [5, 5.41) is 0. The lowest BCUT2D eigenvalue weighted by Crippen LogP contribution is -2.12. The van der Waals surface area contributed by atoms with E-state index < -0.39 is 0 Å². The summed E-state index contributed by atoms with van der Waals surface area (Å²) in [5.41, 5.74) is 21.8. The molecule has 0 aliphatic carbocycles. The zero-order valence-electron chi connectivity index (χ0n) is 13.5. The largest absolute Gasteiger partial charge is 0.377 e. The van der Waals surface area contributed by atoms with E-state index in [9.17, 15) is 0 Å². The van der Waals surface area contributed by atoms with Crippen LogP contribution >= 0.6 is 0 Å². The summed E-state index contributed by atoms with van der Waals surface area (Å²) in [6.07, 6.45) is 0. The normalized spacial score (nSPS) is 10.9. The summed E-state index contributed by atoms with van der Waals surface area (Å²) in [4.78, 5) is 22.9. The molecule has 0 amide bonds. The average molecular weight is 352 g/mol. The predicted octanol–water partition coefficient (Wildman–Crippen LogP) is -1.86. The molecular formula is C12H20N10O3. The second-order valence-electron chi connectivity index (χ2n) is 4.65. The molecule has 0 saturated carbocycles. The van der Waals surface area contributed by atoms with Gasteiger partial charge in [0.15, 0.2) is 11.6 Å². The Morgan fingerprint density at radius 3 is 1.16 bits per heavy atom. The minimum absolute atomic E-state index is 0.0567. The summed E-state index contributed by atoms with van der Waals surface area (Å²) in [5.74, 6) is 0.957. The van der Waals surface area contributed by atoms with E-state index in [0.717, 1.165) is 0 Å². The molecule has 2 aromatic rings. The van der Waals surface area contributed by atoms with Crippen LogP contribution in [0.3, 0.4) is 0 Å². The van der Waals surface area contributed by atoms with E-state index in [4.69, 9.17) is 37.1 Å². The van der Waals surface area contributed by atoms with Crippen molar-refractivity contribution < 1.29 is 14.2 Å². The van der Waals surface area contributed by atoms with Gasteiger partial charge in [0, 0.05) is 0 Å². The number of nitrogen functional groups attached to an aromatic ring is 4. The SMILES string of the molecule is Nc1nc(N)nc(COCCOCCOCc2nc(N)nc(N)n2)n1. The van der Waals surface area contributed by atoms with Gasteiger partial charge in [0.2, 0.25) is 23.8 Å². The fraction of sp³-hybridized carbons (Fsp3) is 0.500. The van der Waals surface area contributed by atoms with E-state index in [1.165, 1.54) is 0 Å². The first-order chi connectivity index (χ1) is 12.0. The van der Waals surface area contributed by atoms with Crippen LogP contribution in [0, 0.1) is 0 Å². The molecule has 0 saturated heterocycles. The Kier molecular flexibility index (Phi) is 6.94. The number of aromatic nitrogens is 6. The lowest BCUT2D eigenvalue weighted by molar-refractivity contribution is 0.00493. The number of nitrogens with two attached hydrogens (primary N) is 4. The summed E-state index contributed by atoms with van der Waals surface area (Å²) in [6, 6.07) is 0.